The van der Waals surface area contributed by atoms with Crippen molar-refractivity contribution in [3.05, 3.63) is 59.7 Å². The van der Waals surface area contributed by atoms with Crippen LogP contribution in [0.5, 0.6) is 5.75 Å². The van der Waals surface area contributed by atoms with Crippen molar-refractivity contribution in [2.45, 2.75) is 39.3 Å². The summed E-state index contributed by atoms with van der Waals surface area (Å²) in [7, 11) is -2.29. The first-order valence-electron chi connectivity index (χ1n) is 11.1. The lowest BCUT2D eigenvalue weighted by Gasteiger charge is -2.29. The van der Waals surface area contributed by atoms with Crippen LogP contribution < -0.4 is 14.4 Å². The number of halogens is 2. The molecule has 0 radical (unpaired) electrons. The first kappa shape index (κ1) is 28.0. The maximum atomic E-state index is 13.7. The highest BCUT2D eigenvalue weighted by atomic mass is 32.2. The standard InChI is InChI=1S/C24H31F2N3O5S/c1-5-27-24(31)17(2)28(16-18-8-6-9-20(14-18)34-3)23(30)10-7-13-29(35(4,32)33)19-11-12-21(25)22(26)15-19/h6,8-9,11-12,14-15,17H,5,7,10,13,16H2,1-4H3,(H,27,31)/t17-/m1/s1. The monoisotopic (exact) mass is 511 g/mol. The minimum absolute atomic E-state index is 0.0391. The van der Waals surface area contributed by atoms with E-state index in [2.05, 4.69) is 5.32 Å². The largest absolute Gasteiger partial charge is 0.497 e. The second-order valence-electron chi connectivity index (χ2n) is 7.98. The summed E-state index contributed by atoms with van der Waals surface area (Å²) in [6.07, 6.45) is 0.980. The van der Waals surface area contributed by atoms with Gasteiger partial charge in [-0.2, -0.15) is 0 Å². The molecule has 2 aromatic carbocycles. The number of nitrogens with one attached hydrogen (secondary N) is 1. The highest BCUT2D eigenvalue weighted by Crippen LogP contribution is 2.22. The SMILES string of the molecule is CCNC(=O)[C@@H](C)N(Cc1cccc(OC)c1)C(=O)CCCN(c1ccc(F)c(F)c1)S(C)(=O)=O. The Balaban J connectivity index is 2.19. The fourth-order valence-corrected chi connectivity index (χ4v) is 4.47. The van der Waals surface area contributed by atoms with Crippen LogP contribution in [0.4, 0.5) is 14.5 Å². The molecule has 0 aliphatic rings. The molecule has 0 unspecified atom stereocenters. The van der Waals surface area contributed by atoms with Gasteiger partial charge in [-0.05, 0) is 50.1 Å². The first-order valence-corrected chi connectivity index (χ1v) is 13.0. The third-order valence-corrected chi connectivity index (χ3v) is 6.54. The van der Waals surface area contributed by atoms with Crippen molar-refractivity contribution < 1.29 is 31.5 Å². The lowest BCUT2D eigenvalue weighted by molar-refractivity contribution is -0.140. The number of ether oxygens (including phenoxy) is 1. The second-order valence-corrected chi connectivity index (χ2v) is 9.89. The summed E-state index contributed by atoms with van der Waals surface area (Å²) < 4.78 is 57.6. The molecule has 0 bridgehead atoms. The van der Waals surface area contributed by atoms with Gasteiger partial charge >= 0.3 is 0 Å². The van der Waals surface area contributed by atoms with E-state index in [1.165, 1.54) is 12.0 Å². The third kappa shape index (κ3) is 7.91. The molecule has 0 heterocycles. The molecule has 0 saturated carbocycles. The van der Waals surface area contributed by atoms with E-state index in [1.54, 1.807) is 32.0 Å². The van der Waals surface area contributed by atoms with Crippen molar-refractivity contribution in [2.24, 2.45) is 0 Å². The number of anilines is 1. The predicted octanol–water partition coefficient (Wildman–Crippen LogP) is 3.07. The van der Waals surface area contributed by atoms with Crippen LogP contribution in [0.15, 0.2) is 42.5 Å². The van der Waals surface area contributed by atoms with Gasteiger partial charge in [0.05, 0.1) is 19.1 Å². The smallest absolute Gasteiger partial charge is 0.242 e. The number of nitrogens with zero attached hydrogens (tertiary/aromatic N) is 2. The van der Waals surface area contributed by atoms with Gasteiger partial charge in [0.2, 0.25) is 21.8 Å². The van der Waals surface area contributed by atoms with Gasteiger partial charge < -0.3 is 15.0 Å². The number of benzene rings is 2. The number of methoxy groups -OCH3 is 1. The zero-order chi connectivity index (χ0) is 26.2. The van der Waals surface area contributed by atoms with Crippen molar-refractivity contribution in [1.82, 2.24) is 10.2 Å². The Morgan fingerprint density at radius 3 is 2.43 bits per heavy atom. The van der Waals surface area contributed by atoms with Crippen molar-refractivity contribution in [3.63, 3.8) is 0 Å². The fraction of sp³-hybridized carbons (Fsp3) is 0.417. The summed E-state index contributed by atoms with van der Waals surface area (Å²) in [5.74, 6) is -2.33. The van der Waals surface area contributed by atoms with Gasteiger partial charge in [-0.25, -0.2) is 17.2 Å². The Morgan fingerprint density at radius 1 is 1.11 bits per heavy atom. The second kappa shape index (κ2) is 12.5. The van der Waals surface area contributed by atoms with E-state index in [0.29, 0.717) is 12.3 Å². The molecule has 0 fully saturated rings. The number of hydrogen-bond donors (Lipinski definition) is 1. The van der Waals surface area contributed by atoms with E-state index < -0.39 is 27.7 Å². The molecule has 1 N–H and O–H groups in total. The van der Waals surface area contributed by atoms with Crippen LogP contribution in [-0.2, 0) is 26.2 Å². The average Bonchev–Trinajstić information content (AvgIpc) is 2.81. The topological polar surface area (TPSA) is 96.0 Å². The Hall–Kier alpha value is -3.21. The third-order valence-electron chi connectivity index (χ3n) is 5.35. The fourth-order valence-electron chi connectivity index (χ4n) is 3.52. The molecule has 0 aliphatic heterocycles. The molecule has 192 valence electrons. The zero-order valence-electron chi connectivity index (χ0n) is 20.3. The van der Waals surface area contributed by atoms with Crippen molar-refractivity contribution in [1.29, 1.82) is 0 Å². The van der Waals surface area contributed by atoms with Gasteiger partial charge in [0.25, 0.3) is 0 Å². The van der Waals surface area contributed by atoms with Crippen LogP contribution >= 0.6 is 0 Å². The van der Waals surface area contributed by atoms with E-state index >= 15 is 0 Å². The average molecular weight is 512 g/mol. The van der Waals surface area contributed by atoms with Gasteiger partial charge in [-0.1, -0.05) is 12.1 Å². The van der Waals surface area contributed by atoms with Crippen LogP contribution in [0.3, 0.4) is 0 Å². The van der Waals surface area contributed by atoms with E-state index in [9.17, 15) is 26.8 Å². The molecule has 35 heavy (non-hydrogen) atoms. The molecule has 0 aliphatic carbocycles. The number of hydrogen-bond acceptors (Lipinski definition) is 5. The van der Waals surface area contributed by atoms with Crippen molar-refractivity contribution in [3.8, 4) is 5.75 Å². The zero-order valence-corrected chi connectivity index (χ0v) is 21.1. The van der Waals surface area contributed by atoms with Crippen molar-refractivity contribution >= 4 is 27.5 Å². The van der Waals surface area contributed by atoms with E-state index in [-0.39, 0.29) is 43.4 Å². The summed E-state index contributed by atoms with van der Waals surface area (Å²) in [6, 6.07) is 9.14. The summed E-state index contributed by atoms with van der Waals surface area (Å²) in [4.78, 5) is 27.1. The summed E-state index contributed by atoms with van der Waals surface area (Å²) in [5.41, 5.74) is 0.719. The molecular formula is C24H31F2N3O5S. The maximum absolute atomic E-state index is 13.7. The Kier molecular flexibility index (Phi) is 10.00. The predicted molar refractivity (Wildman–Crippen MR) is 129 cm³/mol. The van der Waals surface area contributed by atoms with Gasteiger partial charge in [0.15, 0.2) is 11.6 Å². The van der Waals surface area contributed by atoms with Crippen LogP contribution in [0.2, 0.25) is 0 Å². The molecule has 11 heteroatoms. The highest BCUT2D eigenvalue weighted by molar-refractivity contribution is 7.92. The van der Waals surface area contributed by atoms with E-state index in [4.69, 9.17) is 4.74 Å². The molecule has 0 saturated heterocycles. The molecule has 2 rings (SSSR count). The summed E-state index contributed by atoms with van der Waals surface area (Å²) in [5, 5.41) is 2.70. The lowest BCUT2D eigenvalue weighted by atomic mass is 10.1. The van der Waals surface area contributed by atoms with Gasteiger partial charge in [0, 0.05) is 32.1 Å². The first-order chi connectivity index (χ1) is 16.5. The minimum atomic E-state index is -3.82. The molecule has 0 aromatic heterocycles. The minimum Gasteiger partial charge on any atom is -0.497 e. The number of sulfonamides is 1. The summed E-state index contributed by atoms with van der Waals surface area (Å²) >= 11 is 0. The number of carbonyl (C=O) groups is 2. The summed E-state index contributed by atoms with van der Waals surface area (Å²) in [6.45, 7) is 3.82. The van der Waals surface area contributed by atoms with Gasteiger partial charge in [-0.15, -0.1) is 0 Å². The van der Waals surface area contributed by atoms with Crippen LogP contribution in [0.1, 0.15) is 32.3 Å². The van der Waals surface area contributed by atoms with Crippen LogP contribution in [-0.4, -0.2) is 57.6 Å². The molecule has 8 nitrogen and oxygen atoms in total. The Bertz CT molecular complexity index is 1140. The number of rotatable bonds is 12. The number of carbonyl (C=O) groups excluding carboxylic acids is 2. The number of amides is 2. The van der Waals surface area contributed by atoms with Gasteiger partial charge in [-0.3, -0.25) is 13.9 Å². The molecule has 2 aromatic rings. The van der Waals surface area contributed by atoms with Gasteiger partial charge in [0.1, 0.15) is 11.8 Å². The van der Waals surface area contributed by atoms with Crippen molar-refractivity contribution in [2.75, 3.05) is 30.8 Å². The molecular weight excluding hydrogens is 480 g/mol. The van der Waals surface area contributed by atoms with E-state index in [1.807, 2.05) is 6.07 Å². The molecule has 1 atom stereocenters. The maximum Gasteiger partial charge on any atom is 0.242 e. The van der Waals surface area contributed by atoms with E-state index in [0.717, 1.165) is 34.3 Å². The normalized spacial score (nSPS) is 12.1. The Labute approximate surface area is 204 Å². The molecule has 2 amide bonds. The molecule has 0 spiro atoms. The highest BCUT2D eigenvalue weighted by Gasteiger charge is 2.26. The number of likely N-dealkylation sites (N-methyl/N-ethyl adjacent to an activating group) is 1. The quantitative estimate of drug-likeness (QED) is 0.473. The lowest BCUT2D eigenvalue weighted by Crippen LogP contribution is -2.47. The van der Waals surface area contributed by atoms with Crippen LogP contribution in [0.25, 0.3) is 0 Å². The van der Waals surface area contributed by atoms with Crippen LogP contribution in [0, 0.1) is 11.6 Å². The Morgan fingerprint density at radius 2 is 1.83 bits per heavy atom.